The largest absolute Gasteiger partial charge is 0.387 e. The molecule has 0 saturated carbocycles. The van der Waals surface area contributed by atoms with E-state index < -0.39 is 5.60 Å². The number of carbonyl (C=O) groups excluding carboxylic acids is 1. The Kier molecular flexibility index (Phi) is 5.08. The Morgan fingerprint density at radius 1 is 1.47 bits per heavy atom. The molecule has 1 unspecified atom stereocenters. The number of aromatic nitrogens is 1. The van der Waals surface area contributed by atoms with Crippen LogP contribution in [0.25, 0.3) is 0 Å². The van der Waals surface area contributed by atoms with Crippen LogP contribution in [0.1, 0.15) is 23.9 Å². The fourth-order valence-electron chi connectivity index (χ4n) is 2.00. The van der Waals surface area contributed by atoms with Gasteiger partial charge in [-0.05, 0) is 34.9 Å². The minimum atomic E-state index is -0.947. The summed E-state index contributed by atoms with van der Waals surface area (Å²) in [6.45, 7) is 5.99. The zero-order valence-electron chi connectivity index (χ0n) is 12.3. The van der Waals surface area contributed by atoms with E-state index in [-0.39, 0.29) is 18.9 Å². The van der Waals surface area contributed by atoms with E-state index in [1.54, 1.807) is 20.8 Å². The molecule has 0 aromatic carbocycles. The van der Waals surface area contributed by atoms with Gasteiger partial charge in [0.1, 0.15) is 5.76 Å². The first-order chi connectivity index (χ1) is 8.71. The molecule has 0 fully saturated rings. The number of amides is 1. The summed E-state index contributed by atoms with van der Waals surface area (Å²) in [4.78, 5) is 13.7. The van der Waals surface area contributed by atoms with Crippen molar-refractivity contribution in [2.45, 2.75) is 32.8 Å². The highest BCUT2D eigenvalue weighted by Crippen LogP contribution is 2.12. The Hall–Kier alpha value is -1.40. The molecule has 0 aliphatic carbocycles. The Bertz CT molecular complexity index is 419. The lowest BCUT2D eigenvalue weighted by atomic mass is 10.1. The molecule has 6 nitrogen and oxygen atoms in total. The van der Waals surface area contributed by atoms with Gasteiger partial charge in [-0.2, -0.15) is 0 Å². The Morgan fingerprint density at radius 3 is 2.58 bits per heavy atom. The van der Waals surface area contributed by atoms with Crippen LogP contribution in [-0.2, 0) is 11.2 Å². The summed E-state index contributed by atoms with van der Waals surface area (Å²) in [6.07, 6.45) is 0.221. The number of rotatable bonds is 6. The van der Waals surface area contributed by atoms with Gasteiger partial charge in [-0.3, -0.25) is 4.79 Å². The lowest BCUT2D eigenvalue weighted by Gasteiger charge is -2.27. The molecule has 1 amide bonds. The normalized spacial score (nSPS) is 14.5. The van der Waals surface area contributed by atoms with Crippen molar-refractivity contribution in [2.24, 2.45) is 0 Å². The molecule has 0 radical (unpaired) electrons. The van der Waals surface area contributed by atoms with Gasteiger partial charge in [-0.25, -0.2) is 0 Å². The predicted molar refractivity (Wildman–Crippen MR) is 71.9 cm³/mol. The molecule has 108 valence electrons. The first kappa shape index (κ1) is 15.7. The van der Waals surface area contributed by atoms with E-state index in [1.165, 1.54) is 0 Å². The van der Waals surface area contributed by atoms with E-state index in [9.17, 15) is 9.90 Å². The number of hydrogen-bond acceptors (Lipinski definition) is 5. The van der Waals surface area contributed by atoms with Gasteiger partial charge < -0.3 is 19.8 Å². The van der Waals surface area contributed by atoms with Crippen molar-refractivity contribution in [3.8, 4) is 0 Å². The van der Waals surface area contributed by atoms with Crippen molar-refractivity contribution in [2.75, 3.05) is 27.2 Å². The molecule has 0 aliphatic heterocycles. The van der Waals surface area contributed by atoms with Gasteiger partial charge in [0, 0.05) is 18.7 Å². The quantitative estimate of drug-likeness (QED) is 0.774. The average Bonchev–Trinajstić information content (AvgIpc) is 2.57. The topological polar surface area (TPSA) is 78.6 Å². The zero-order valence-corrected chi connectivity index (χ0v) is 12.3. The summed E-state index contributed by atoms with van der Waals surface area (Å²) < 4.78 is 5.01. The van der Waals surface area contributed by atoms with Crippen LogP contribution in [0.3, 0.4) is 0 Å². The molecule has 1 rings (SSSR count). The third kappa shape index (κ3) is 5.00. The first-order valence-electron chi connectivity index (χ1n) is 6.27. The summed E-state index contributed by atoms with van der Waals surface area (Å²) in [5.74, 6) is 0.515. The van der Waals surface area contributed by atoms with Crippen LogP contribution >= 0.6 is 0 Å². The molecule has 19 heavy (non-hydrogen) atoms. The minimum Gasteiger partial charge on any atom is -0.387 e. The van der Waals surface area contributed by atoms with Gasteiger partial charge in [-0.1, -0.05) is 5.16 Å². The lowest BCUT2D eigenvalue weighted by molar-refractivity contribution is -0.121. The van der Waals surface area contributed by atoms with Gasteiger partial charge >= 0.3 is 0 Å². The molecule has 1 aromatic rings. The van der Waals surface area contributed by atoms with Crippen LogP contribution in [0.2, 0.25) is 0 Å². The number of aliphatic hydroxyl groups is 1. The Balaban J connectivity index is 2.49. The van der Waals surface area contributed by atoms with Crippen LogP contribution in [0, 0.1) is 13.8 Å². The molecule has 6 heteroatoms. The van der Waals surface area contributed by atoms with Crippen molar-refractivity contribution < 1.29 is 14.4 Å². The molecule has 0 aliphatic rings. The van der Waals surface area contributed by atoms with Crippen LogP contribution in [-0.4, -0.2) is 53.9 Å². The summed E-state index contributed by atoms with van der Waals surface area (Å²) in [5.41, 5.74) is 0.593. The number of carbonyl (C=O) groups is 1. The van der Waals surface area contributed by atoms with Gasteiger partial charge in [0.2, 0.25) is 5.91 Å². The van der Waals surface area contributed by atoms with Gasteiger partial charge in [0.25, 0.3) is 0 Å². The van der Waals surface area contributed by atoms with Crippen molar-refractivity contribution in [1.29, 1.82) is 0 Å². The Morgan fingerprint density at radius 2 is 2.11 bits per heavy atom. The van der Waals surface area contributed by atoms with Crippen LogP contribution in [0.4, 0.5) is 0 Å². The summed E-state index contributed by atoms with van der Waals surface area (Å²) in [7, 11) is 3.75. The van der Waals surface area contributed by atoms with E-state index in [0.717, 1.165) is 11.3 Å². The second-order valence-corrected chi connectivity index (χ2v) is 5.49. The van der Waals surface area contributed by atoms with E-state index in [0.29, 0.717) is 12.3 Å². The standard InChI is InChI=1S/C13H23N3O3/c1-9-11(10(2)19-15-9)6-12(17)14-7-13(3,18)8-16(4)5/h18H,6-8H2,1-5H3,(H,14,17). The molecule has 0 spiro atoms. The number of nitrogens with one attached hydrogen (secondary N) is 1. The molecular formula is C13H23N3O3. The zero-order chi connectivity index (χ0) is 14.6. The average molecular weight is 269 g/mol. The Labute approximate surface area is 113 Å². The second-order valence-electron chi connectivity index (χ2n) is 5.49. The highest BCUT2D eigenvalue weighted by molar-refractivity contribution is 5.79. The highest BCUT2D eigenvalue weighted by atomic mass is 16.5. The fraction of sp³-hybridized carbons (Fsp3) is 0.692. The maximum Gasteiger partial charge on any atom is 0.224 e. The second kappa shape index (κ2) is 6.16. The molecular weight excluding hydrogens is 246 g/mol. The van der Waals surface area contributed by atoms with Gasteiger partial charge in [0.05, 0.1) is 17.7 Å². The third-order valence-corrected chi connectivity index (χ3v) is 2.84. The van der Waals surface area contributed by atoms with Crippen LogP contribution in [0.15, 0.2) is 4.52 Å². The lowest BCUT2D eigenvalue weighted by Crippen LogP contribution is -2.47. The summed E-state index contributed by atoms with van der Waals surface area (Å²) in [5, 5.41) is 16.6. The predicted octanol–water partition coefficient (Wildman–Crippen LogP) is 0.263. The fourth-order valence-corrected chi connectivity index (χ4v) is 2.00. The minimum absolute atomic E-state index is 0.145. The summed E-state index contributed by atoms with van der Waals surface area (Å²) >= 11 is 0. The maximum absolute atomic E-state index is 11.8. The van der Waals surface area contributed by atoms with Crippen LogP contribution < -0.4 is 5.32 Å². The molecule has 0 bridgehead atoms. The number of likely N-dealkylation sites (N-methyl/N-ethyl adjacent to an activating group) is 1. The van der Waals surface area contributed by atoms with E-state index >= 15 is 0 Å². The van der Waals surface area contributed by atoms with Crippen molar-refractivity contribution in [3.63, 3.8) is 0 Å². The van der Waals surface area contributed by atoms with E-state index in [4.69, 9.17) is 4.52 Å². The molecule has 1 heterocycles. The number of hydrogen-bond donors (Lipinski definition) is 2. The van der Waals surface area contributed by atoms with Crippen LogP contribution in [0.5, 0.6) is 0 Å². The van der Waals surface area contributed by atoms with Crippen molar-refractivity contribution in [3.05, 3.63) is 17.0 Å². The van der Waals surface area contributed by atoms with E-state index in [2.05, 4.69) is 10.5 Å². The first-order valence-corrected chi connectivity index (χ1v) is 6.27. The maximum atomic E-state index is 11.8. The monoisotopic (exact) mass is 269 g/mol. The number of nitrogens with zero attached hydrogens (tertiary/aromatic N) is 2. The molecule has 0 saturated heterocycles. The van der Waals surface area contributed by atoms with Gasteiger partial charge in [-0.15, -0.1) is 0 Å². The molecule has 2 N–H and O–H groups in total. The van der Waals surface area contributed by atoms with E-state index in [1.807, 2.05) is 19.0 Å². The van der Waals surface area contributed by atoms with Crippen molar-refractivity contribution in [1.82, 2.24) is 15.4 Å². The molecule has 1 atom stereocenters. The highest BCUT2D eigenvalue weighted by Gasteiger charge is 2.22. The molecule has 1 aromatic heterocycles. The SMILES string of the molecule is Cc1noc(C)c1CC(=O)NCC(C)(O)CN(C)C. The smallest absolute Gasteiger partial charge is 0.224 e. The number of aryl methyl sites for hydroxylation is 2. The summed E-state index contributed by atoms with van der Waals surface area (Å²) in [6, 6.07) is 0. The van der Waals surface area contributed by atoms with Crippen molar-refractivity contribution >= 4 is 5.91 Å². The van der Waals surface area contributed by atoms with Gasteiger partial charge in [0.15, 0.2) is 0 Å². The third-order valence-electron chi connectivity index (χ3n) is 2.84.